The third-order valence-electron chi connectivity index (χ3n) is 5.58. The van der Waals surface area contributed by atoms with Gasteiger partial charge in [-0.25, -0.2) is 4.79 Å². The van der Waals surface area contributed by atoms with Crippen molar-refractivity contribution in [2.24, 2.45) is 0 Å². The predicted molar refractivity (Wildman–Crippen MR) is 121 cm³/mol. The Labute approximate surface area is 189 Å². The van der Waals surface area contributed by atoms with Crippen molar-refractivity contribution in [3.8, 4) is 0 Å². The number of benzene rings is 1. The Balaban J connectivity index is 1.90. The van der Waals surface area contributed by atoms with Crippen molar-refractivity contribution in [3.05, 3.63) is 55.4 Å². The third kappa shape index (κ3) is 4.96. The summed E-state index contributed by atoms with van der Waals surface area (Å²) in [7, 11) is 1.22. The van der Waals surface area contributed by atoms with Crippen LogP contribution in [0.3, 0.4) is 0 Å². The van der Waals surface area contributed by atoms with Gasteiger partial charge in [-0.3, -0.25) is 19.7 Å². The molecule has 0 aliphatic heterocycles. The number of nitro groups is 1. The molecule has 1 saturated carbocycles. The van der Waals surface area contributed by atoms with E-state index in [0.717, 1.165) is 43.4 Å². The first-order chi connectivity index (χ1) is 15.2. The van der Waals surface area contributed by atoms with Gasteiger partial charge in [-0.05, 0) is 38.3 Å². The molecule has 170 valence electrons. The SMILES string of the molecule is COC(=O)c1c(NC(=O)c2ccc(C)c([N+](=O)[O-])c2)sc(C(=O)NC2CCCCC2)c1C. The van der Waals surface area contributed by atoms with Gasteiger partial charge in [0.2, 0.25) is 0 Å². The lowest BCUT2D eigenvalue weighted by molar-refractivity contribution is -0.385. The number of thiophene rings is 1. The predicted octanol–water partition coefficient (Wildman–Crippen LogP) is 4.37. The van der Waals surface area contributed by atoms with Crippen LogP contribution in [0.15, 0.2) is 18.2 Å². The fourth-order valence-electron chi connectivity index (χ4n) is 3.79. The number of carbonyl (C=O) groups excluding carboxylic acids is 3. The van der Waals surface area contributed by atoms with Crippen LogP contribution in [0.4, 0.5) is 10.7 Å². The van der Waals surface area contributed by atoms with Crippen LogP contribution < -0.4 is 10.6 Å². The lowest BCUT2D eigenvalue weighted by Gasteiger charge is -2.22. The van der Waals surface area contributed by atoms with E-state index in [1.165, 1.54) is 25.3 Å². The van der Waals surface area contributed by atoms with Gasteiger partial charge in [0.1, 0.15) is 5.00 Å². The van der Waals surface area contributed by atoms with Crippen LogP contribution in [0.5, 0.6) is 0 Å². The monoisotopic (exact) mass is 459 g/mol. The highest BCUT2D eigenvalue weighted by Crippen LogP contribution is 2.34. The fourth-order valence-corrected chi connectivity index (χ4v) is 4.88. The Morgan fingerprint density at radius 2 is 1.81 bits per heavy atom. The number of rotatable bonds is 6. The Bertz CT molecular complexity index is 1070. The van der Waals surface area contributed by atoms with Gasteiger partial charge >= 0.3 is 5.97 Å². The highest BCUT2D eigenvalue weighted by Gasteiger charge is 2.28. The minimum Gasteiger partial charge on any atom is -0.465 e. The molecule has 2 N–H and O–H groups in total. The van der Waals surface area contributed by atoms with Crippen molar-refractivity contribution in [2.75, 3.05) is 12.4 Å². The van der Waals surface area contributed by atoms with Crippen molar-refractivity contribution in [3.63, 3.8) is 0 Å². The number of ether oxygens (including phenoxy) is 1. The number of nitrogens with one attached hydrogen (secondary N) is 2. The van der Waals surface area contributed by atoms with Crippen molar-refractivity contribution in [2.45, 2.75) is 52.0 Å². The summed E-state index contributed by atoms with van der Waals surface area (Å²) < 4.78 is 4.85. The number of nitro benzene ring substituents is 1. The summed E-state index contributed by atoms with van der Waals surface area (Å²) in [5, 5.41) is 17.0. The molecule has 2 aromatic rings. The minimum atomic E-state index is -0.680. The highest BCUT2D eigenvalue weighted by molar-refractivity contribution is 7.18. The van der Waals surface area contributed by atoms with Crippen LogP contribution >= 0.6 is 11.3 Å². The second kappa shape index (κ2) is 9.90. The topological polar surface area (TPSA) is 128 Å². The molecule has 0 radical (unpaired) electrons. The molecule has 10 heteroatoms. The number of aryl methyl sites for hydroxylation is 1. The van der Waals surface area contributed by atoms with Crippen molar-refractivity contribution >= 4 is 39.8 Å². The van der Waals surface area contributed by atoms with Crippen molar-refractivity contribution in [1.82, 2.24) is 5.32 Å². The van der Waals surface area contributed by atoms with E-state index in [-0.39, 0.29) is 33.8 Å². The molecule has 1 heterocycles. The average molecular weight is 460 g/mol. The van der Waals surface area contributed by atoms with Gasteiger partial charge in [0.05, 0.1) is 22.5 Å². The van der Waals surface area contributed by atoms with Gasteiger partial charge in [-0.15, -0.1) is 11.3 Å². The first-order valence-corrected chi connectivity index (χ1v) is 11.1. The Hall–Kier alpha value is -3.27. The number of nitrogens with zero attached hydrogens (tertiary/aromatic N) is 1. The van der Waals surface area contributed by atoms with Crippen LogP contribution in [0, 0.1) is 24.0 Å². The molecule has 1 fully saturated rings. The van der Waals surface area contributed by atoms with Crippen LogP contribution in [0.25, 0.3) is 0 Å². The summed E-state index contributed by atoms with van der Waals surface area (Å²) >= 11 is 0.984. The smallest absolute Gasteiger partial charge is 0.341 e. The zero-order valence-electron chi connectivity index (χ0n) is 18.1. The molecule has 0 bridgehead atoms. The van der Waals surface area contributed by atoms with Gasteiger partial charge in [-0.1, -0.05) is 25.3 Å². The van der Waals surface area contributed by atoms with E-state index in [2.05, 4.69) is 10.6 Å². The summed E-state index contributed by atoms with van der Waals surface area (Å²) in [6, 6.07) is 4.22. The minimum absolute atomic E-state index is 0.0670. The average Bonchev–Trinajstić information content (AvgIpc) is 3.09. The first kappa shape index (κ1) is 23.4. The Kier molecular flexibility index (Phi) is 7.24. The summed E-state index contributed by atoms with van der Waals surface area (Å²) in [5.41, 5.74) is 0.829. The van der Waals surface area contributed by atoms with E-state index in [4.69, 9.17) is 4.74 Å². The molecular formula is C22H25N3O6S. The van der Waals surface area contributed by atoms with Gasteiger partial charge < -0.3 is 15.4 Å². The zero-order valence-corrected chi connectivity index (χ0v) is 19.0. The third-order valence-corrected chi connectivity index (χ3v) is 6.78. The maximum atomic E-state index is 12.9. The molecule has 2 amide bonds. The van der Waals surface area contributed by atoms with Crippen LogP contribution in [-0.2, 0) is 4.74 Å². The summed E-state index contributed by atoms with van der Waals surface area (Å²) in [5.74, 6) is -1.60. The molecule has 32 heavy (non-hydrogen) atoms. The highest BCUT2D eigenvalue weighted by atomic mass is 32.1. The largest absolute Gasteiger partial charge is 0.465 e. The van der Waals surface area contributed by atoms with Crippen LogP contribution in [-0.4, -0.2) is 35.9 Å². The van der Waals surface area contributed by atoms with Gasteiger partial charge in [0.15, 0.2) is 0 Å². The van der Waals surface area contributed by atoms with E-state index in [1.807, 2.05) is 0 Å². The molecular weight excluding hydrogens is 434 g/mol. The molecule has 1 aliphatic rings. The van der Waals surface area contributed by atoms with Crippen molar-refractivity contribution in [1.29, 1.82) is 0 Å². The van der Waals surface area contributed by atoms with Crippen LogP contribution in [0.2, 0.25) is 0 Å². The number of amides is 2. The first-order valence-electron chi connectivity index (χ1n) is 10.3. The molecule has 0 saturated heterocycles. The maximum Gasteiger partial charge on any atom is 0.341 e. The molecule has 9 nitrogen and oxygen atoms in total. The van der Waals surface area contributed by atoms with Gasteiger partial charge in [0.25, 0.3) is 17.5 Å². The van der Waals surface area contributed by atoms with Gasteiger partial charge in [0, 0.05) is 23.2 Å². The molecule has 0 unspecified atom stereocenters. The Morgan fingerprint density at radius 1 is 1.12 bits per heavy atom. The van der Waals surface area contributed by atoms with Crippen molar-refractivity contribution < 1.29 is 24.0 Å². The lowest BCUT2D eigenvalue weighted by Crippen LogP contribution is -2.36. The summed E-state index contributed by atoms with van der Waals surface area (Å²) in [6.45, 7) is 3.21. The summed E-state index contributed by atoms with van der Waals surface area (Å²) in [4.78, 5) is 49.0. The number of carbonyl (C=O) groups is 3. The molecule has 1 aromatic carbocycles. The van der Waals surface area contributed by atoms with E-state index in [1.54, 1.807) is 13.8 Å². The second-order valence-corrected chi connectivity index (χ2v) is 8.79. The quantitative estimate of drug-likeness (QED) is 0.375. The number of esters is 1. The summed E-state index contributed by atoms with van der Waals surface area (Å²) in [6.07, 6.45) is 5.10. The zero-order chi connectivity index (χ0) is 23.4. The van der Waals surface area contributed by atoms with E-state index in [0.29, 0.717) is 16.0 Å². The number of anilines is 1. The number of hydrogen-bond donors (Lipinski definition) is 2. The lowest BCUT2D eigenvalue weighted by atomic mass is 9.95. The second-order valence-electron chi connectivity index (χ2n) is 7.77. The molecule has 3 rings (SSSR count). The fraction of sp³-hybridized carbons (Fsp3) is 0.409. The molecule has 0 atom stereocenters. The standard InChI is InChI=1S/C22H25N3O6S/c1-12-9-10-14(11-16(12)25(29)30)19(26)24-21-17(22(28)31-3)13(2)18(32-21)20(27)23-15-7-5-4-6-8-15/h9-11,15H,4-8H2,1-3H3,(H,23,27)(H,24,26). The normalized spacial score (nSPS) is 14.0. The van der Waals surface area contributed by atoms with E-state index >= 15 is 0 Å². The molecule has 0 spiro atoms. The van der Waals surface area contributed by atoms with Gasteiger partial charge in [-0.2, -0.15) is 0 Å². The Morgan fingerprint density at radius 3 is 2.44 bits per heavy atom. The van der Waals surface area contributed by atoms with E-state index < -0.39 is 16.8 Å². The number of hydrogen-bond acceptors (Lipinski definition) is 7. The van der Waals surface area contributed by atoms with Crippen LogP contribution in [0.1, 0.15) is 73.6 Å². The molecule has 1 aromatic heterocycles. The van der Waals surface area contributed by atoms with E-state index in [9.17, 15) is 24.5 Å². The molecule has 1 aliphatic carbocycles. The maximum absolute atomic E-state index is 12.9. The number of methoxy groups -OCH3 is 1.